The highest BCUT2D eigenvalue weighted by atomic mass is 31.3. The summed E-state index contributed by atoms with van der Waals surface area (Å²) in [4.78, 5) is 30.8. The summed E-state index contributed by atoms with van der Waals surface area (Å²) < 4.78 is 41.9. The first kappa shape index (κ1) is 19.6. The first-order valence-corrected chi connectivity index (χ1v) is 7.97. The Kier molecular flexibility index (Phi) is 10.6. The summed E-state index contributed by atoms with van der Waals surface area (Å²) in [7, 11) is -12.1. The van der Waals surface area contributed by atoms with Gasteiger partial charge in [-0.25, -0.2) is 19.7 Å². The standard InChI is InChI=1S/C3H11NO7P2.HO3P/c1-2-3-9-13(8,10-4)11-12(5,6)7;1-4(2)3/h2-4H2,1H3,(H2,5,6,7);(H-,1,2,3)/p+1. The number of hydrogen-bond acceptors (Lipinski definition) is 7. The summed E-state index contributed by atoms with van der Waals surface area (Å²) in [5, 5.41) is 0. The van der Waals surface area contributed by atoms with Crippen molar-refractivity contribution < 1.29 is 46.7 Å². The van der Waals surface area contributed by atoms with Crippen LogP contribution >= 0.6 is 23.9 Å². The quantitative estimate of drug-likeness (QED) is 0.331. The minimum atomic E-state index is -4.94. The maximum atomic E-state index is 11.1. The van der Waals surface area contributed by atoms with Crippen molar-refractivity contribution in [1.82, 2.24) is 0 Å². The van der Waals surface area contributed by atoms with Crippen LogP contribution in [-0.2, 0) is 27.2 Å². The Morgan fingerprint density at radius 2 is 1.71 bits per heavy atom. The van der Waals surface area contributed by atoms with Gasteiger partial charge in [-0.3, -0.25) is 4.52 Å². The van der Waals surface area contributed by atoms with E-state index in [2.05, 4.69) is 19.4 Å². The third kappa shape index (κ3) is 16.2. The van der Waals surface area contributed by atoms with E-state index in [0.717, 1.165) is 0 Å². The van der Waals surface area contributed by atoms with E-state index in [4.69, 9.17) is 24.1 Å². The first-order valence-electron chi connectivity index (χ1n) is 3.81. The van der Waals surface area contributed by atoms with Gasteiger partial charge in [0.2, 0.25) is 0 Å². The molecule has 0 aliphatic carbocycles. The molecule has 0 aliphatic heterocycles. The van der Waals surface area contributed by atoms with Gasteiger partial charge < -0.3 is 9.79 Å². The van der Waals surface area contributed by atoms with Crippen LogP contribution < -0.4 is 5.90 Å². The normalized spacial score (nSPS) is 14.5. The maximum absolute atomic E-state index is 11.1. The summed E-state index contributed by atoms with van der Waals surface area (Å²) in [5.74, 6) is 4.50. The molecule has 0 amide bonds. The van der Waals surface area contributed by atoms with Crippen LogP contribution in [0.5, 0.6) is 0 Å². The lowest BCUT2D eigenvalue weighted by Gasteiger charge is -2.14. The molecule has 0 saturated heterocycles. The minimum absolute atomic E-state index is 0.0471. The molecule has 0 fully saturated rings. The number of phosphoric acid groups is 2. The van der Waals surface area contributed by atoms with Gasteiger partial charge in [0.15, 0.2) is 0 Å². The SMILES string of the molecule is CCCOP(=O)(ON)OP(=O)(O)O.O=[P+](O)O. The van der Waals surface area contributed by atoms with E-state index in [-0.39, 0.29) is 6.61 Å². The van der Waals surface area contributed by atoms with E-state index >= 15 is 0 Å². The van der Waals surface area contributed by atoms with Crippen molar-refractivity contribution in [3.8, 4) is 0 Å². The second kappa shape index (κ2) is 9.21. The van der Waals surface area contributed by atoms with Crippen LogP contribution in [0, 0.1) is 0 Å². The molecule has 0 bridgehead atoms. The molecule has 0 saturated carbocycles. The van der Waals surface area contributed by atoms with Crippen molar-refractivity contribution in [1.29, 1.82) is 0 Å². The third-order valence-electron chi connectivity index (χ3n) is 0.789. The van der Waals surface area contributed by atoms with Crippen LogP contribution in [0.15, 0.2) is 0 Å². The average molecular weight is 316 g/mol. The molecule has 6 N–H and O–H groups in total. The Labute approximate surface area is 97.3 Å². The fourth-order valence-electron chi connectivity index (χ4n) is 0.407. The highest BCUT2D eigenvalue weighted by Gasteiger charge is 2.35. The van der Waals surface area contributed by atoms with E-state index in [9.17, 15) is 9.13 Å². The largest absolute Gasteiger partial charge is 0.692 e. The topological polar surface area (TPSA) is 186 Å². The number of nitrogens with two attached hydrogens (primary N) is 1. The Bertz CT molecular complexity index is 308. The summed E-state index contributed by atoms with van der Waals surface area (Å²) in [6.45, 7) is 1.65. The lowest BCUT2D eigenvalue weighted by molar-refractivity contribution is 0.141. The number of hydrogen-bond donors (Lipinski definition) is 5. The molecule has 1 atom stereocenters. The van der Waals surface area contributed by atoms with Gasteiger partial charge in [-0.05, 0) is 6.42 Å². The molecule has 17 heavy (non-hydrogen) atoms. The predicted molar refractivity (Wildman–Crippen MR) is 54.3 cm³/mol. The summed E-state index contributed by atoms with van der Waals surface area (Å²) >= 11 is 0. The van der Waals surface area contributed by atoms with Gasteiger partial charge in [0, 0.05) is 4.57 Å². The van der Waals surface area contributed by atoms with Crippen LogP contribution in [-0.4, -0.2) is 26.2 Å². The maximum Gasteiger partial charge on any atom is 0.692 e. The van der Waals surface area contributed by atoms with Crippen molar-refractivity contribution >= 4 is 23.9 Å². The smallest absolute Gasteiger partial charge is 0.302 e. The first-order chi connectivity index (χ1) is 7.56. The van der Waals surface area contributed by atoms with Crippen molar-refractivity contribution in [2.24, 2.45) is 5.90 Å². The summed E-state index contributed by atoms with van der Waals surface area (Å²) in [5.41, 5.74) is 0. The minimum Gasteiger partial charge on any atom is -0.302 e. The lowest BCUT2D eigenvalue weighted by Crippen LogP contribution is -2.04. The molecule has 0 spiro atoms. The molecule has 0 aromatic carbocycles. The van der Waals surface area contributed by atoms with Gasteiger partial charge in [0.05, 0.1) is 6.61 Å². The summed E-state index contributed by atoms with van der Waals surface area (Å²) in [6, 6.07) is 0. The zero-order valence-electron chi connectivity index (χ0n) is 8.57. The highest BCUT2D eigenvalue weighted by molar-refractivity contribution is 7.61. The van der Waals surface area contributed by atoms with E-state index in [1.165, 1.54) is 0 Å². The van der Waals surface area contributed by atoms with Crippen LogP contribution in [0.2, 0.25) is 0 Å². The number of rotatable bonds is 6. The molecule has 0 aromatic rings. The molecule has 11 nitrogen and oxygen atoms in total. The molecule has 104 valence electrons. The monoisotopic (exact) mass is 316 g/mol. The van der Waals surface area contributed by atoms with Crippen molar-refractivity contribution in [3.05, 3.63) is 0 Å². The van der Waals surface area contributed by atoms with Gasteiger partial charge in [-0.2, -0.15) is 4.31 Å². The van der Waals surface area contributed by atoms with E-state index < -0.39 is 23.9 Å². The molecule has 0 rings (SSSR count). The Balaban J connectivity index is 0. The molecule has 0 heterocycles. The molecule has 0 aromatic heterocycles. The van der Waals surface area contributed by atoms with Gasteiger partial charge in [-0.15, -0.1) is 9.79 Å². The fraction of sp³-hybridized carbons (Fsp3) is 1.00. The Morgan fingerprint density at radius 1 is 1.29 bits per heavy atom. The molecule has 1 unspecified atom stereocenters. The molecular weight excluding hydrogens is 303 g/mol. The fourth-order valence-corrected chi connectivity index (χ4v) is 2.26. The summed E-state index contributed by atoms with van der Waals surface area (Å²) in [6.07, 6.45) is 0.470. The van der Waals surface area contributed by atoms with Crippen LogP contribution in [0.25, 0.3) is 0 Å². The zero-order valence-corrected chi connectivity index (χ0v) is 11.3. The van der Waals surface area contributed by atoms with Crippen LogP contribution in [0.1, 0.15) is 13.3 Å². The van der Waals surface area contributed by atoms with E-state index in [1.54, 1.807) is 6.92 Å². The molecular formula is C3H13NO10P3+. The van der Waals surface area contributed by atoms with Gasteiger partial charge in [0.1, 0.15) is 0 Å². The van der Waals surface area contributed by atoms with Crippen LogP contribution in [0.4, 0.5) is 0 Å². The van der Waals surface area contributed by atoms with Gasteiger partial charge in [-0.1, -0.05) is 6.92 Å². The van der Waals surface area contributed by atoms with E-state index in [1.807, 2.05) is 0 Å². The van der Waals surface area contributed by atoms with Crippen molar-refractivity contribution in [2.45, 2.75) is 13.3 Å². The molecule has 0 radical (unpaired) electrons. The van der Waals surface area contributed by atoms with Crippen molar-refractivity contribution in [3.63, 3.8) is 0 Å². The Morgan fingerprint density at radius 3 is 1.94 bits per heavy atom. The van der Waals surface area contributed by atoms with Gasteiger partial charge in [0.25, 0.3) is 0 Å². The average Bonchev–Trinajstić information content (AvgIpc) is 2.11. The van der Waals surface area contributed by atoms with Gasteiger partial charge >= 0.3 is 23.9 Å². The predicted octanol–water partition coefficient (Wildman–Crippen LogP) is 0.149. The highest BCUT2D eigenvalue weighted by Crippen LogP contribution is 2.60. The van der Waals surface area contributed by atoms with E-state index in [0.29, 0.717) is 6.42 Å². The molecule has 14 heteroatoms. The van der Waals surface area contributed by atoms with Crippen LogP contribution in [0.3, 0.4) is 0 Å². The zero-order chi connectivity index (χ0) is 14.1. The third-order valence-corrected chi connectivity index (χ3v) is 3.20. The molecule has 0 aliphatic rings. The second-order valence-corrected chi connectivity index (χ2v) is 5.71. The Hall–Kier alpha value is 0.240. The second-order valence-electron chi connectivity index (χ2n) is 2.21. The van der Waals surface area contributed by atoms with Crippen molar-refractivity contribution in [2.75, 3.05) is 6.61 Å². The lowest BCUT2D eigenvalue weighted by atomic mass is 10.5.